The molecule has 0 saturated carbocycles. The quantitative estimate of drug-likeness (QED) is 0.538. The summed E-state index contributed by atoms with van der Waals surface area (Å²) in [5, 5.41) is 0. The Morgan fingerprint density at radius 2 is 1.93 bits per heavy atom. The third kappa shape index (κ3) is 6.72. The van der Waals surface area contributed by atoms with E-state index >= 15 is 0 Å². The monoisotopic (exact) mass is 422 g/mol. The number of rotatable bonds is 10. The lowest BCUT2D eigenvalue weighted by Crippen LogP contribution is -2.30. The Morgan fingerprint density at radius 3 is 2.62 bits per heavy atom. The molecule has 2 rings (SSSR count). The molecule has 0 bridgehead atoms. The SMILES string of the molecule is COCCn1cc(C(=O)N(C)CCCOc2cccc(S(C)(=O)=O)c2)ccc1=O. The van der Waals surface area contributed by atoms with Crippen LogP contribution in [0, 0.1) is 0 Å². The zero-order valence-electron chi connectivity index (χ0n) is 16.8. The number of sulfone groups is 1. The van der Waals surface area contributed by atoms with Crippen LogP contribution in [0.1, 0.15) is 16.8 Å². The van der Waals surface area contributed by atoms with Crippen LogP contribution in [0.4, 0.5) is 0 Å². The van der Waals surface area contributed by atoms with Crippen LogP contribution in [0.3, 0.4) is 0 Å². The molecular weight excluding hydrogens is 396 g/mol. The molecule has 0 radical (unpaired) electrons. The second-order valence-electron chi connectivity index (χ2n) is 6.62. The molecule has 0 atom stereocenters. The van der Waals surface area contributed by atoms with Gasteiger partial charge < -0.3 is 18.9 Å². The van der Waals surface area contributed by atoms with Crippen molar-refractivity contribution in [3.8, 4) is 5.75 Å². The van der Waals surface area contributed by atoms with Crippen LogP contribution in [0.5, 0.6) is 5.75 Å². The van der Waals surface area contributed by atoms with Crippen molar-refractivity contribution in [3.05, 3.63) is 58.5 Å². The lowest BCUT2D eigenvalue weighted by molar-refractivity contribution is 0.0786. The fourth-order valence-electron chi connectivity index (χ4n) is 2.63. The fourth-order valence-corrected chi connectivity index (χ4v) is 3.29. The molecular formula is C20H26N2O6S. The van der Waals surface area contributed by atoms with Gasteiger partial charge in [0.05, 0.1) is 23.7 Å². The molecule has 2 aromatic rings. The van der Waals surface area contributed by atoms with Gasteiger partial charge in [0.1, 0.15) is 5.75 Å². The van der Waals surface area contributed by atoms with Crippen molar-refractivity contribution in [1.82, 2.24) is 9.47 Å². The van der Waals surface area contributed by atoms with Gasteiger partial charge in [-0.25, -0.2) is 8.42 Å². The lowest BCUT2D eigenvalue weighted by atomic mass is 10.2. The number of carbonyl (C=O) groups is 1. The van der Waals surface area contributed by atoms with Gasteiger partial charge in [0.2, 0.25) is 0 Å². The van der Waals surface area contributed by atoms with E-state index in [0.29, 0.717) is 44.0 Å². The number of aromatic nitrogens is 1. The van der Waals surface area contributed by atoms with Gasteiger partial charge in [-0.2, -0.15) is 0 Å². The summed E-state index contributed by atoms with van der Waals surface area (Å²) in [6.07, 6.45) is 3.24. The highest BCUT2D eigenvalue weighted by atomic mass is 32.2. The Labute approximate surface area is 170 Å². The minimum Gasteiger partial charge on any atom is -0.493 e. The number of methoxy groups -OCH3 is 1. The Morgan fingerprint density at radius 1 is 1.17 bits per heavy atom. The maximum atomic E-state index is 12.6. The van der Waals surface area contributed by atoms with Gasteiger partial charge in [0, 0.05) is 45.8 Å². The first-order valence-electron chi connectivity index (χ1n) is 9.10. The van der Waals surface area contributed by atoms with E-state index in [1.807, 2.05) is 0 Å². The molecule has 0 N–H and O–H groups in total. The Hall–Kier alpha value is -2.65. The van der Waals surface area contributed by atoms with Crippen LogP contribution in [0.25, 0.3) is 0 Å². The van der Waals surface area contributed by atoms with Gasteiger partial charge in [-0.15, -0.1) is 0 Å². The fraction of sp³-hybridized carbons (Fsp3) is 0.400. The van der Waals surface area contributed by atoms with Crippen molar-refractivity contribution in [3.63, 3.8) is 0 Å². The summed E-state index contributed by atoms with van der Waals surface area (Å²) in [6, 6.07) is 9.19. The van der Waals surface area contributed by atoms with E-state index in [1.54, 1.807) is 31.2 Å². The molecule has 1 amide bonds. The van der Waals surface area contributed by atoms with Gasteiger partial charge in [-0.3, -0.25) is 9.59 Å². The first kappa shape index (κ1) is 22.6. The minimum absolute atomic E-state index is 0.189. The van der Waals surface area contributed by atoms with E-state index in [9.17, 15) is 18.0 Å². The summed E-state index contributed by atoms with van der Waals surface area (Å²) < 4.78 is 35.2. The van der Waals surface area contributed by atoms with E-state index in [0.717, 1.165) is 6.26 Å². The molecule has 9 heteroatoms. The summed E-state index contributed by atoms with van der Waals surface area (Å²) in [7, 11) is -0.0622. The zero-order chi connectivity index (χ0) is 21.4. The van der Waals surface area contributed by atoms with Crippen LogP contribution in [-0.2, 0) is 21.1 Å². The molecule has 29 heavy (non-hydrogen) atoms. The van der Waals surface area contributed by atoms with Crippen LogP contribution in [-0.4, -0.2) is 64.0 Å². The Bertz CT molecular complexity index is 1000. The molecule has 1 heterocycles. The average Bonchev–Trinajstić information content (AvgIpc) is 2.69. The molecule has 158 valence electrons. The van der Waals surface area contributed by atoms with Crippen molar-refractivity contribution in [2.24, 2.45) is 0 Å². The molecule has 1 aromatic carbocycles. The normalized spacial score (nSPS) is 11.3. The third-order valence-corrected chi connectivity index (χ3v) is 5.36. The smallest absolute Gasteiger partial charge is 0.255 e. The number of carbonyl (C=O) groups excluding carboxylic acids is 1. The number of ether oxygens (including phenoxy) is 2. The summed E-state index contributed by atoms with van der Waals surface area (Å²) >= 11 is 0. The average molecular weight is 423 g/mol. The maximum absolute atomic E-state index is 12.6. The highest BCUT2D eigenvalue weighted by Crippen LogP contribution is 2.17. The second-order valence-corrected chi connectivity index (χ2v) is 8.63. The number of pyridine rings is 1. The van der Waals surface area contributed by atoms with Crippen molar-refractivity contribution in [1.29, 1.82) is 0 Å². The highest BCUT2D eigenvalue weighted by molar-refractivity contribution is 7.90. The third-order valence-electron chi connectivity index (χ3n) is 4.25. The summed E-state index contributed by atoms with van der Waals surface area (Å²) in [6.45, 7) is 1.53. The first-order valence-corrected chi connectivity index (χ1v) is 11.0. The second kappa shape index (κ2) is 10.2. The number of amides is 1. The lowest BCUT2D eigenvalue weighted by Gasteiger charge is -2.18. The molecule has 0 spiro atoms. The highest BCUT2D eigenvalue weighted by Gasteiger charge is 2.13. The molecule has 0 saturated heterocycles. The number of benzene rings is 1. The van der Waals surface area contributed by atoms with E-state index in [-0.39, 0.29) is 16.4 Å². The van der Waals surface area contributed by atoms with Gasteiger partial charge in [0.15, 0.2) is 9.84 Å². The standard InChI is InChI=1S/C20H26N2O6S/c1-21(20(24)16-8-9-19(23)22(15-16)11-13-27-2)10-5-12-28-17-6-4-7-18(14-17)29(3,25)26/h4,6-9,14-15H,5,10-13H2,1-3H3. The molecule has 0 fully saturated rings. The molecule has 0 unspecified atom stereocenters. The Kier molecular flexibility index (Phi) is 7.98. The van der Waals surface area contributed by atoms with Gasteiger partial charge in [0.25, 0.3) is 11.5 Å². The van der Waals surface area contributed by atoms with E-state index in [4.69, 9.17) is 9.47 Å². The van der Waals surface area contributed by atoms with Gasteiger partial charge in [-0.05, 0) is 30.7 Å². The number of nitrogens with zero attached hydrogens (tertiary/aromatic N) is 2. The van der Waals surface area contributed by atoms with Crippen molar-refractivity contribution in [2.45, 2.75) is 17.9 Å². The zero-order valence-corrected chi connectivity index (χ0v) is 17.6. The van der Waals surface area contributed by atoms with Crippen LogP contribution in [0.15, 0.2) is 52.3 Å². The molecule has 0 aliphatic heterocycles. The predicted octanol–water partition coefficient (Wildman–Crippen LogP) is 1.44. The van der Waals surface area contributed by atoms with Crippen LogP contribution >= 0.6 is 0 Å². The van der Waals surface area contributed by atoms with Crippen molar-refractivity contribution in [2.75, 3.05) is 40.2 Å². The van der Waals surface area contributed by atoms with Crippen molar-refractivity contribution >= 4 is 15.7 Å². The topological polar surface area (TPSA) is 94.9 Å². The Balaban J connectivity index is 1.89. The van der Waals surface area contributed by atoms with Crippen molar-refractivity contribution < 1.29 is 22.7 Å². The molecule has 1 aromatic heterocycles. The largest absolute Gasteiger partial charge is 0.493 e. The maximum Gasteiger partial charge on any atom is 0.255 e. The van der Waals surface area contributed by atoms with Gasteiger partial charge >= 0.3 is 0 Å². The molecule has 0 aliphatic rings. The van der Waals surface area contributed by atoms with Crippen LogP contribution in [0.2, 0.25) is 0 Å². The predicted molar refractivity (Wildman–Crippen MR) is 109 cm³/mol. The van der Waals surface area contributed by atoms with E-state index in [1.165, 1.54) is 35.0 Å². The summed E-state index contributed by atoms with van der Waals surface area (Å²) in [4.78, 5) is 26.2. The summed E-state index contributed by atoms with van der Waals surface area (Å²) in [5.41, 5.74) is 0.232. The molecule has 8 nitrogen and oxygen atoms in total. The molecule has 0 aliphatic carbocycles. The van der Waals surface area contributed by atoms with E-state index < -0.39 is 9.84 Å². The number of hydrogen-bond acceptors (Lipinski definition) is 6. The number of hydrogen-bond donors (Lipinski definition) is 0. The van der Waals surface area contributed by atoms with Gasteiger partial charge in [-0.1, -0.05) is 6.07 Å². The van der Waals surface area contributed by atoms with E-state index in [2.05, 4.69) is 0 Å². The summed E-state index contributed by atoms with van der Waals surface area (Å²) in [5.74, 6) is 0.266. The van der Waals surface area contributed by atoms with Crippen LogP contribution < -0.4 is 10.3 Å². The first-order chi connectivity index (χ1) is 13.7. The minimum atomic E-state index is -3.29.